The van der Waals surface area contributed by atoms with Crippen molar-refractivity contribution >= 4 is 73.8 Å². The molecule has 0 aliphatic heterocycles. The number of nitrogen functional groups attached to an aromatic ring is 1. The predicted octanol–water partition coefficient (Wildman–Crippen LogP) is 11.6. The van der Waals surface area contributed by atoms with Gasteiger partial charge in [-0.25, -0.2) is 9.97 Å². The summed E-state index contributed by atoms with van der Waals surface area (Å²) in [5, 5.41) is 14.6. The van der Waals surface area contributed by atoms with E-state index in [0.717, 1.165) is 28.4 Å². The molecular formula is C35H29Cl3F6N4O3. The molecule has 6 aromatic rings. The fraction of sp³-hybridized carbons (Fsp3) is 0.143. The lowest BCUT2D eigenvalue weighted by Crippen LogP contribution is -2.17. The third-order valence-electron chi connectivity index (χ3n) is 5.78. The third-order valence-corrected chi connectivity index (χ3v) is 6.60. The number of rotatable bonds is 4. The third kappa shape index (κ3) is 15.0. The first-order valence-electron chi connectivity index (χ1n) is 14.6. The molecule has 16 heteroatoms. The Morgan fingerprint density at radius 1 is 0.627 bits per heavy atom. The Bertz CT molecular complexity index is 2000. The van der Waals surface area contributed by atoms with E-state index in [2.05, 4.69) is 24.8 Å². The van der Waals surface area contributed by atoms with Gasteiger partial charge in [-0.05, 0) is 98.8 Å². The van der Waals surface area contributed by atoms with Crippen LogP contribution in [0.15, 0.2) is 109 Å². The summed E-state index contributed by atoms with van der Waals surface area (Å²) in [5.74, 6) is -0.00986. The normalized spacial score (nSPS) is 11.0. The molecule has 270 valence electrons. The first kappa shape index (κ1) is 40.7. The summed E-state index contributed by atoms with van der Waals surface area (Å²) in [4.78, 5) is 8.51. The van der Waals surface area contributed by atoms with Gasteiger partial charge in [0.15, 0.2) is 0 Å². The number of alkyl halides is 6. The number of aromatic nitrogens is 2. The summed E-state index contributed by atoms with van der Waals surface area (Å²) in [6.45, 7) is 3.44. The van der Waals surface area contributed by atoms with Crippen LogP contribution in [0.2, 0.25) is 15.2 Å². The number of anilines is 3. The molecule has 0 unspecified atom stereocenters. The van der Waals surface area contributed by atoms with E-state index in [9.17, 15) is 26.3 Å². The number of benzene rings is 4. The number of halogens is 9. The second-order valence-electron chi connectivity index (χ2n) is 10.4. The van der Waals surface area contributed by atoms with Crippen LogP contribution in [0, 0.1) is 0 Å². The molecule has 0 saturated heterocycles. The second kappa shape index (κ2) is 18.5. The van der Waals surface area contributed by atoms with E-state index in [1.54, 1.807) is 38.1 Å². The number of nitrogens with zero attached hydrogens (tertiary/aromatic N) is 2. The number of hydrogen-bond donors (Lipinski definition) is 3. The van der Waals surface area contributed by atoms with Gasteiger partial charge in [0.1, 0.15) is 22.5 Å². The number of aliphatic hydroxyl groups excluding tert-OH is 1. The van der Waals surface area contributed by atoms with Crippen LogP contribution in [0.4, 0.5) is 43.5 Å². The Morgan fingerprint density at radius 3 is 1.53 bits per heavy atom. The molecule has 0 fully saturated rings. The van der Waals surface area contributed by atoms with E-state index in [0.29, 0.717) is 37.9 Å². The molecule has 51 heavy (non-hydrogen) atoms. The minimum Gasteiger partial charge on any atom is -0.406 e. The van der Waals surface area contributed by atoms with Crippen LogP contribution in [0.5, 0.6) is 11.5 Å². The van der Waals surface area contributed by atoms with Gasteiger partial charge in [0, 0.05) is 28.3 Å². The fourth-order valence-corrected chi connectivity index (χ4v) is 4.42. The Morgan fingerprint density at radius 2 is 1.06 bits per heavy atom. The zero-order valence-electron chi connectivity index (χ0n) is 26.6. The topological polar surface area (TPSA) is 103 Å². The van der Waals surface area contributed by atoms with Crippen LogP contribution in [-0.2, 0) is 0 Å². The summed E-state index contributed by atoms with van der Waals surface area (Å²) in [7, 11) is 0. The lowest BCUT2D eigenvalue weighted by molar-refractivity contribution is -0.275. The molecule has 4 aromatic carbocycles. The van der Waals surface area contributed by atoms with Gasteiger partial charge in [-0.2, -0.15) is 0 Å². The van der Waals surface area contributed by atoms with Crippen LogP contribution in [0.25, 0.3) is 21.8 Å². The van der Waals surface area contributed by atoms with Crippen molar-refractivity contribution in [2.45, 2.75) is 32.7 Å². The Balaban J connectivity index is 0.000000212. The van der Waals surface area contributed by atoms with E-state index >= 15 is 0 Å². The van der Waals surface area contributed by atoms with Gasteiger partial charge in [-0.1, -0.05) is 59.1 Å². The van der Waals surface area contributed by atoms with Gasteiger partial charge in [0.05, 0.1) is 21.1 Å². The van der Waals surface area contributed by atoms with Crippen LogP contribution < -0.4 is 20.5 Å². The van der Waals surface area contributed by atoms with Crippen molar-refractivity contribution in [2.75, 3.05) is 11.1 Å². The SMILES string of the molecule is CC(C)O.Clc1ccc2cccc(Cl)c2n1.FC(F)(F)Oc1ccc(Nc2ccc3cccc(Cl)c3n2)cc1.Nc1ccc(OC(F)(F)F)cc1. The first-order valence-corrected chi connectivity index (χ1v) is 15.7. The van der Waals surface area contributed by atoms with Crippen LogP contribution in [0.1, 0.15) is 13.8 Å². The summed E-state index contributed by atoms with van der Waals surface area (Å²) in [6.07, 6.45) is -9.51. The fourth-order valence-electron chi connectivity index (χ4n) is 3.82. The lowest BCUT2D eigenvalue weighted by atomic mass is 10.2. The van der Waals surface area contributed by atoms with Gasteiger partial charge in [-0.15, -0.1) is 26.3 Å². The molecule has 4 N–H and O–H groups in total. The zero-order valence-corrected chi connectivity index (χ0v) is 28.9. The second-order valence-corrected chi connectivity index (χ2v) is 11.6. The quantitative estimate of drug-likeness (QED) is 0.0931. The van der Waals surface area contributed by atoms with Gasteiger partial charge < -0.3 is 25.6 Å². The number of nitrogens with one attached hydrogen (secondary N) is 1. The maximum absolute atomic E-state index is 12.1. The Hall–Kier alpha value is -4.69. The number of aliphatic hydroxyl groups is 1. The highest BCUT2D eigenvalue weighted by Gasteiger charge is 2.31. The molecule has 0 amide bonds. The minimum atomic E-state index is -4.70. The van der Waals surface area contributed by atoms with Gasteiger partial charge in [0.2, 0.25) is 0 Å². The standard InChI is InChI=1S/C16H10ClF3N2O.C9H5Cl2N.C7H6F3NO.C3H8O/c17-13-3-1-2-10-4-9-14(22-15(10)13)21-11-5-7-12(8-6-11)23-16(18,19)20;10-7-3-1-2-6-4-5-8(11)12-9(6)7;8-7(9,10)12-6-3-1-5(11)2-4-6;1-3(2)4/h1-9H,(H,21,22);1-5H;1-4H,11H2;3-4H,1-2H3. The van der Waals surface area contributed by atoms with Crippen molar-refractivity contribution in [1.82, 2.24) is 9.97 Å². The van der Waals surface area contributed by atoms with E-state index in [4.69, 9.17) is 45.6 Å². The summed E-state index contributed by atoms with van der Waals surface area (Å²) in [5.41, 5.74) is 7.63. The Kier molecular flexibility index (Phi) is 14.8. The monoisotopic (exact) mass is 772 g/mol. The predicted molar refractivity (Wildman–Crippen MR) is 190 cm³/mol. The van der Waals surface area contributed by atoms with Gasteiger partial charge >= 0.3 is 12.7 Å². The maximum Gasteiger partial charge on any atom is 0.573 e. The molecule has 6 rings (SSSR count). The summed E-state index contributed by atoms with van der Waals surface area (Å²) >= 11 is 17.7. The Labute approximate surface area is 303 Å². The van der Waals surface area contributed by atoms with Crippen molar-refractivity contribution in [3.05, 3.63) is 124 Å². The van der Waals surface area contributed by atoms with Gasteiger partial charge in [0.25, 0.3) is 0 Å². The van der Waals surface area contributed by atoms with Crippen LogP contribution in [0.3, 0.4) is 0 Å². The highest BCUT2D eigenvalue weighted by Crippen LogP contribution is 2.28. The minimum absolute atomic E-state index is 0.167. The van der Waals surface area contributed by atoms with Crippen molar-refractivity contribution in [3.8, 4) is 11.5 Å². The average molecular weight is 774 g/mol. The molecular weight excluding hydrogens is 745 g/mol. The van der Waals surface area contributed by atoms with Gasteiger partial charge in [-0.3, -0.25) is 0 Å². The summed E-state index contributed by atoms with van der Waals surface area (Å²) < 4.78 is 78.5. The molecule has 0 saturated carbocycles. The molecule has 0 atom stereocenters. The number of para-hydroxylation sites is 2. The number of nitrogens with two attached hydrogens (primary N) is 1. The molecule has 0 bridgehead atoms. The van der Waals surface area contributed by atoms with Crippen molar-refractivity contribution < 1.29 is 40.9 Å². The highest BCUT2D eigenvalue weighted by molar-refractivity contribution is 6.36. The molecule has 0 aliphatic carbocycles. The first-order chi connectivity index (χ1) is 23.9. The van der Waals surface area contributed by atoms with E-state index in [1.807, 2.05) is 36.4 Å². The number of ether oxygens (including phenoxy) is 2. The molecule has 7 nitrogen and oxygen atoms in total. The number of pyridine rings is 2. The molecule has 0 radical (unpaired) electrons. The average Bonchev–Trinajstić information content (AvgIpc) is 3.03. The molecule has 2 aromatic heterocycles. The van der Waals surface area contributed by atoms with E-state index < -0.39 is 12.7 Å². The van der Waals surface area contributed by atoms with E-state index in [-0.39, 0.29) is 17.6 Å². The van der Waals surface area contributed by atoms with Crippen molar-refractivity contribution in [1.29, 1.82) is 0 Å². The van der Waals surface area contributed by atoms with Crippen LogP contribution >= 0.6 is 34.8 Å². The zero-order chi connectivity index (χ0) is 37.8. The number of hydrogen-bond acceptors (Lipinski definition) is 7. The molecule has 0 aliphatic rings. The van der Waals surface area contributed by atoms with Crippen molar-refractivity contribution in [2.24, 2.45) is 0 Å². The molecule has 2 heterocycles. The highest BCUT2D eigenvalue weighted by atomic mass is 35.5. The number of fused-ring (bicyclic) bond motifs is 2. The lowest BCUT2D eigenvalue weighted by Gasteiger charge is -2.10. The van der Waals surface area contributed by atoms with Crippen LogP contribution in [-0.4, -0.2) is 33.9 Å². The summed E-state index contributed by atoms with van der Waals surface area (Å²) in [6, 6.07) is 28.7. The van der Waals surface area contributed by atoms with E-state index in [1.165, 1.54) is 36.4 Å². The smallest absolute Gasteiger partial charge is 0.406 e. The maximum atomic E-state index is 12.1. The van der Waals surface area contributed by atoms with Crippen molar-refractivity contribution in [3.63, 3.8) is 0 Å². The molecule has 0 spiro atoms. The largest absolute Gasteiger partial charge is 0.573 e.